The Labute approximate surface area is 276 Å². The molecule has 47 heavy (non-hydrogen) atoms. The summed E-state index contributed by atoms with van der Waals surface area (Å²) in [7, 11) is 1.47. The third-order valence-electron chi connectivity index (χ3n) is 14.0. The zero-order chi connectivity index (χ0) is 33.5. The van der Waals surface area contributed by atoms with E-state index in [1.165, 1.54) is 7.11 Å². The van der Waals surface area contributed by atoms with Gasteiger partial charge in [0.25, 0.3) is 0 Å². The van der Waals surface area contributed by atoms with Crippen molar-refractivity contribution in [2.45, 2.75) is 146 Å². The third kappa shape index (κ3) is 5.45. The summed E-state index contributed by atoms with van der Waals surface area (Å²) < 4.78 is 35.0. The molecule has 12 nitrogen and oxygen atoms in total. The van der Waals surface area contributed by atoms with E-state index in [9.17, 15) is 30.3 Å². The van der Waals surface area contributed by atoms with Crippen LogP contribution in [0.15, 0.2) is 11.6 Å². The molecule has 0 amide bonds. The average molecular weight is 667 g/mol. The molecule has 17 atom stereocenters. The van der Waals surface area contributed by atoms with Crippen LogP contribution in [-0.2, 0) is 33.2 Å². The maximum atomic E-state index is 12.5. The monoisotopic (exact) mass is 666 g/mol. The average Bonchev–Trinajstić information content (AvgIpc) is 3.59. The van der Waals surface area contributed by atoms with E-state index in [0.717, 1.165) is 63.4 Å². The van der Waals surface area contributed by atoms with E-state index < -0.39 is 60.9 Å². The molecule has 0 aromatic heterocycles. The second-order valence-corrected chi connectivity index (χ2v) is 16.1. The summed E-state index contributed by atoms with van der Waals surface area (Å²) in [6.45, 7) is 6.61. The Kier molecular flexibility index (Phi) is 9.14. The summed E-state index contributed by atoms with van der Waals surface area (Å²) in [5, 5.41) is 54.1. The zero-order valence-corrected chi connectivity index (χ0v) is 28.0. The highest BCUT2D eigenvalue weighted by Gasteiger charge is 2.68. The van der Waals surface area contributed by atoms with E-state index in [1.54, 1.807) is 13.0 Å². The van der Waals surface area contributed by atoms with Crippen molar-refractivity contribution in [3.05, 3.63) is 11.6 Å². The van der Waals surface area contributed by atoms with Crippen molar-refractivity contribution >= 4 is 5.97 Å². The molecule has 5 N–H and O–H groups in total. The zero-order valence-electron chi connectivity index (χ0n) is 28.0. The van der Waals surface area contributed by atoms with Crippen LogP contribution in [0.1, 0.15) is 78.6 Å². The number of fused-ring (bicyclic) bond motifs is 5. The maximum absolute atomic E-state index is 12.5. The van der Waals surface area contributed by atoms with Crippen LogP contribution in [-0.4, -0.2) is 119 Å². The van der Waals surface area contributed by atoms with Crippen molar-refractivity contribution in [2.75, 3.05) is 20.3 Å². The van der Waals surface area contributed by atoms with Crippen LogP contribution < -0.4 is 0 Å². The van der Waals surface area contributed by atoms with Crippen molar-refractivity contribution in [1.82, 2.24) is 0 Å². The molecule has 0 radical (unpaired) electrons. The van der Waals surface area contributed by atoms with Gasteiger partial charge in [0.05, 0.1) is 24.4 Å². The number of methoxy groups -OCH3 is 1. The number of carbonyl (C=O) groups excluding carboxylic acids is 1. The molecule has 3 heterocycles. The molecular formula is C35H54O12. The summed E-state index contributed by atoms with van der Waals surface area (Å²) in [4.78, 5) is 11.9. The van der Waals surface area contributed by atoms with Gasteiger partial charge in [0.15, 0.2) is 12.6 Å². The number of aliphatic hydroxyl groups excluding tert-OH is 4. The lowest BCUT2D eigenvalue weighted by Crippen LogP contribution is -2.63. The molecule has 6 fully saturated rings. The second-order valence-electron chi connectivity index (χ2n) is 16.1. The number of aliphatic hydroxyl groups is 5. The van der Waals surface area contributed by atoms with Gasteiger partial charge in [0.2, 0.25) is 0 Å². The van der Waals surface area contributed by atoms with Gasteiger partial charge in [-0.3, -0.25) is 0 Å². The minimum absolute atomic E-state index is 0.0793. The normalized spacial score (nSPS) is 54.7. The van der Waals surface area contributed by atoms with Gasteiger partial charge in [-0.1, -0.05) is 13.8 Å². The van der Waals surface area contributed by atoms with Crippen molar-refractivity contribution in [3.8, 4) is 0 Å². The van der Waals surface area contributed by atoms with Gasteiger partial charge in [-0.05, 0) is 99.4 Å². The highest BCUT2D eigenvalue weighted by molar-refractivity contribution is 5.85. The van der Waals surface area contributed by atoms with Crippen LogP contribution in [0.4, 0.5) is 0 Å². The highest BCUT2D eigenvalue weighted by atomic mass is 16.7. The summed E-state index contributed by atoms with van der Waals surface area (Å²) in [6, 6.07) is 0. The van der Waals surface area contributed by atoms with Gasteiger partial charge in [0, 0.05) is 18.6 Å². The first kappa shape index (κ1) is 34.3. The topological polar surface area (TPSA) is 174 Å². The van der Waals surface area contributed by atoms with E-state index >= 15 is 0 Å². The molecule has 17 unspecified atom stereocenters. The van der Waals surface area contributed by atoms with Crippen molar-refractivity contribution < 1.29 is 58.7 Å². The fourth-order valence-electron chi connectivity index (χ4n) is 11.3. The fraction of sp³-hybridized carbons (Fsp3) is 0.914. The summed E-state index contributed by atoms with van der Waals surface area (Å²) in [5.74, 6) is 0.986. The molecule has 2 saturated heterocycles. The van der Waals surface area contributed by atoms with Crippen molar-refractivity contribution in [3.63, 3.8) is 0 Å². The van der Waals surface area contributed by atoms with E-state index in [1.807, 2.05) is 0 Å². The van der Waals surface area contributed by atoms with Gasteiger partial charge in [0.1, 0.15) is 43.2 Å². The predicted octanol–water partition coefficient (Wildman–Crippen LogP) is 1.57. The lowest BCUT2D eigenvalue weighted by atomic mass is 9.43. The first-order chi connectivity index (χ1) is 22.3. The molecule has 266 valence electrons. The second kappa shape index (κ2) is 12.5. The third-order valence-corrected chi connectivity index (χ3v) is 14.0. The number of cyclic esters (lactones) is 1. The molecule has 7 aliphatic rings. The molecular weight excluding hydrogens is 612 g/mol. The fourth-order valence-corrected chi connectivity index (χ4v) is 11.3. The standard InChI is InChI=1S/C35H54O12/c1-17-29(47-31-27(39)26(38)24(36)16-44-31)30(42-4)28(40)32(45-17)46-20-7-10-33(2)19(14-20)5-6-23-22(33)8-11-34(3)21(9-12-35(23,34)41)18-13-25(37)43-15-18/h13,17,19-24,26-32,36,38-41H,5-12,14-16H2,1-4H3. The number of ether oxygens (including phenoxy) is 6. The Balaban J connectivity index is 0.992. The molecule has 0 aromatic rings. The first-order valence-corrected chi connectivity index (χ1v) is 17.7. The van der Waals surface area contributed by atoms with Crippen LogP contribution >= 0.6 is 0 Å². The number of hydrogen-bond acceptors (Lipinski definition) is 12. The summed E-state index contributed by atoms with van der Waals surface area (Å²) >= 11 is 0. The van der Waals surface area contributed by atoms with Crippen LogP contribution in [0.25, 0.3) is 0 Å². The predicted molar refractivity (Wildman–Crippen MR) is 164 cm³/mol. The Hall–Kier alpha value is -1.19. The Bertz CT molecular complexity index is 1210. The highest BCUT2D eigenvalue weighted by Crippen LogP contribution is 2.70. The van der Waals surface area contributed by atoms with Crippen molar-refractivity contribution in [2.24, 2.45) is 34.5 Å². The van der Waals surface area contributed by atoms with Gasteiger partial charge < -0.3 is 54.0 Å². The lowest BCUT2D eigenvalue weighted by molar-refractivity contribution is -0.352. The number of esters is 1. The first-order valence-electron chi connectivity index (χ1n) is 17.7. The molecule has 7 rings (SSSR count). The Morgan fingerprint density at radius 2 is 1.66 bits per heavy atom. The molecule has 0 spiro atoms. The van der Waals surface area contributed by atoms with Crippen LogP contribution in [0.3, 0.4) is 0 Å². The molecule has 4 saturated carbocycles. The quantitative estimate of drug-likeness (QED) is 0.205. The van der Waals surface area contributed by atoms with Gasteiger partial charge in [-0.15, -0.1) is 0 Å². The van der Waals surface area contributed by atoms with E-state index in [4.69, 9.17) is 28.4 Å². The smallest absolute Gasteiger partial charge is 0.331 e. The minimum Gasteiger partial charge on any atom is -0.458 e. The van der Waals surface area contributed by atoms with E-state index in [2.05, 4.69) is 13.8 Å². The van der Waals surface area contributed by atoms with Crippen LogP contribution in [0.5, 0.6) is 0 Å². The Morgan fingerprint density at radius 3 is 2.38 bits per heavy atom. The minimum atomic E-state index is -1.47. The van der Waals surface area contributed by atoms with Gasteiger partial charge in [-0.25, -0.2) is 4.79 Å². The molecule has 4 aliphatic carbocycles. The molecule has 0 bridgehead atoms. The van der Waals surface area contributed by atoms with E-state index in [0.29, 0.717) is 18.4 Å². The molecule has 0 aromatic carbocycles. The number of rotatable bonds is 6. The largest absolute Gasteiger partial charge is 0.458 e. The van der Waals surface area contributed by atoms with Gasteiger partial charge in [-0.2, -0.15) is 0 Å². The van der Waals surface area contributed by atoms with Crippen LogP contribution in [0, 0.1) is 34.5 Å². The van der Waals surface area contributed by atoms with E-state index in [-0.39, 0.29) is 41.3 Å². The number of hydrogen-bond donors (Lipinski definition) is 5. The molecule has 12 heteroatoms. The maximum Gasteiger partial charge on any atom is 0.331 e. The van der Waals surface area contributed by atoms with Crippen LogP contribution in [0.2, 0.25) is 0 Å². The van der Waals surface area contributed by atoms with Gasteiger partial charge >= 0.3 is 5.97 Å². The number of carbonyl (C=O) groups is 1. The molecule has 3 aliphatic heterocycles. The lowest BCUT2D eigenvalue weighted by Gasteiger charge is -2.64. The Morgan fingerprint density at radius 1 is 0.872 bits per heavy atom. The van der Waals surface area contributed by atoms with Crippen molar-refractivity contribution in [1.29, 1.82) is 0 Å². The summed E-state index contributed by atoms with van der Waals surface area (Å²) in [5.41, 5.74) is 0.118. The summed E-state index contributed by atoms with van der Waals surface area (Å²) in [6.07, 6.45) is 0.149. The SMILES string of the molecule is COC1C(O)C(OC2CCC3(C)C(CCC4C3CCC3(C)C(C5=CC(=O)OC5)CCC43O)C2)OC(C)C1OC1OCC(O)C(O)C1O.